The van der Waals surface area contributed by atoms with E-state index in [0.29, 0.717) is 0 Å². The summed E-state index contributed by atoms with van der Waals surface area (Å²) in [6.07, 6.45) is 0.0337. The van der Waals surface area contributed by atoms with Crippen LogP contribution in [0.2, 0.25) is 0 Å². The Morgan fingerprint density at radius 3 is 2.69 bits per heavy atom. The third-order valence-corrected chi connectivity index (χ3v) is 3.17. The first-order valence-electron chi connectivity index (χ1n) is 5.78. The van der Waals surface area contributed by atoms with Crippen LogP contribution in [0.4, 0.5) is 4.79 Å². The van der Waals surface area contributed by atoms with Gasteiger partial charge in [0.05, 0.1) is 12.1 Å². The summed E-state index contributed by atoms with van der Waals surface area (Å²) in [6, 6.07) is -0.0267. The monoisotopic (exact) mass is 228 g/mol. The van der Waals surface area contributed by atoms with E-state index in [9.17, 15) is 9.90 Å². The van der Waals surface area contributed by atoms with Crippen LogP contribution < -0.4 is 10.6 Å². The number of rotatable bonds is 1. The summed E-state index contributed by atoms with van der Waals surface area (Å²) in [5, 5.41) is 15.9. The van der Waals surface area contributed by atoms with Crippen molar-refractivity contribution in [2.75, 3.05) is 6.54 Å². The minimum absolute atomic E-state index is 0.188. The number of fused-ring (bicyclic) bond motifs is 2. The molecule has 5 heteroatoms. The first-order valence-corrected chi connectivity index (χ1v) is 5.78. The number of amides is 1. The van der Waals surface area contributed by atoms with E-state index in [4.69, 9.17) is 4.74 Å². The zero-order valence-corrected chi connectivity index (χ0v) is 9.99. The second-order valence-electron chi connectivity index (χ2n) is 5.67. The standard InChI is InChI=1S/C11H20N2O3/c1-11(2,3)16-10(15)13-8-7-4-6(5-12-7)9(8)14/h6-9,12,14H,4-5H2,1-3H3,(H,13,15). The van der Waals surface area contributed by atoms with Crippen molar-refractivity contribution >= 4 is 6.09 Å². The van der Waals surface area contributed by atoms with Crippen molar-refractivity contribution in [2.45, 2.75) is 51.0 Å². The minimum atomic E-state index is -0.500. The highest BCUT2D eigenvalue weighted by Crippen LogP contribution is 2.31. The number of hydrogen-bond acceptors (Lipinski definition) is 4. The third kappa shape index (κ3) is 2.30. The smallest absolute Gasteiger partial charge is 0.408 e. The summed E-state index contributed by atoms with van der Waals surface area (Å²) in [7, 11) is 0. The summed E-state index contributed by atoms with van der Waals surface area (Å²) in [5.74, 6) is 0.268. The summed E-state index contributed by atoms with van der Waals surface area (Å²) >= 11 is 0. The lowest BCUT2D eigenvalue weighted by Gasteiger charge is -2.29. The number of carbonyl (C=O) groups is 1. The Bertz CT molecular complexity index is 285. The van der Waals surface area contributed by atoms with Gasteiger partial charge in [-0.15, -0.1) is 0 Å². The summed E-state index contributed by atoms with van der Waals surface area (Å²) < 4.78 is 5.17. The van der Waals surface area contributed by atoms with Crippen LogP contribution >= 0.6 is 0 Å². The fourth-order valence-electron chi connectivity index (χ4n) is 2.49. The minimum Gasteiger partial charge on any atom is -0.444 e. The average molecular weight is 228 g/mol. The molecular formula is C11H20N2O3. The first-order chi connectivity index (χ1) is 7.37. The highest BCUT2D eigenvalue weighted by Gasteiger charge is 2.47. The predicted molar refractivity (Wildman–Crippen MR) is 59.1 cm³/mol. The summed E-state index contributed by atoms with van der Waals surface area (Å²) in [6.45, 7) is 6.31. The molecule has 3 N–H and O–H groups in total. The lowest BCUT2D eigenvalue weighted by Crippen LogP contribution is -2.55. The van der Waals surface area contributed by atoms with E-state index in [1.54, 1.807) is 0 Å². The van der Waals surface area contributed by atoms with E-state index >= 15 is 0 Å². The molecule has 2 fully saturated rings. The Kier molecular flexibility index (Phi) is 2.84. The molecule has 1 aliphatic carbocycles. The maximum atomic E-state index is 11.6. The number of aliphatic hydroxyl groups excluding tert-OH is 1. The van der Waals surface area contributed by atoms with E-state index in [1.165, 1.54) is 0 Å². The van der Waals surface area contributed by atoms with Gasteiger partial charge in [-0.25, -0.2) is 4.79 Å². The zero-order valence-electron chi connectivity index (χ0n) is 9.99. The van der Waals surface area contributed by atoms with E-state index in [1.807, 2.05) is 20.8 Å². The van der Waals surface area contributed by atoms with Gasteiger partial charge >= 0.3 is 6.09 Å². The van der Waals surface area contributed by atoms with Crippen molar-refractivity contribution in [2.24, 2.45) is 5.92 Å². The highest BCUT2D eigenvalue weighted by atomic mass is 16.6. The molecule has 1 aliphatic heterocycles. The summed E-state index contributed by atoms with van der Waals surface area (Å²) in [4.78, 5) is 11.6. The lowest BCUT2D eigenvalue weighted by atomic mass is 10.0. The van der Waals surface area contributed by atoms with Crippen molar-refractivity contribution in [1.29, 1.82) is 0 Å². The predicted octanol–water partition coefficient (Wildman–Crippen LogP) is 0.232. The fraction of sp³-hybridized carbons (Fsp3) is 0.909. The molecule has 16 heavy (non-hydrogen) atoms. The van der Waals surface area contributed by atoms with Gasteiger partial charge in [-0.3, -0.25) is 0 Å². The van der Waals surface area contributed by atoms with Crippen LogP contribution in [0.1, 0.15) is 27.2 Å². The number of piperidine rings is 1. The summed E-state index contributed by atoms with van der Waals surface area (Å²) in [5.41, 5.74) is -0.500. The molecule has 0 spiro atoms. The van der Waals surface area contributed by atoms with Crippen molar-refractivity contribution in [3.8, 4) is 0 Å². The Labute approximate surface area is 95.5 Å². The maximum Gasteiger partial charge on any atom is 0.408 e. The van der Waals surface area contributed by atoms with Gasteiger partial charge in [0.2, 0.25) is 0 Å². The highest BCUT2D eigenvalue weighted by molar-refractivity contribution is 5.68. The molecule has 2 rings (SSSR count). The second-order valence-corrected chi connectivity index (χ2v) is 5.67. The fourth-order valence-corrected chi connectivity index (χ4v) is 2.49. The number of ether oxygens (including phenoxy) is 1. The van der Waals surface area contributed by atoms with Crippen LogP contribution in [0.5, 0.6) is 0 Å². The average Bonchev–Trinajstić information content (AvgIpc) is 2.66. The largest absolute Gasteiger partial charge is 0.444 e. The molecule has 2 aliphatic rings. The van der Waals surface area contributed by atoms with Gasteiger partial charge in [-0.1, -0.05) is 0 Å². The number of carbonyl (C=O) groups excluding carboxylic acids is 1. The van der Waals surface area contributed by atoms with Gasteiger partial charge in [0, 0.05) is 18.5 Å². The van der Waals surface area contributed by atoms with Crippen LogP contribution in [0.25, 0.3) is 0 Å². The van der Waals surface area contributed by atoms with E-state index in [0.717, 1.165) is 13.0 Å². The first kappa shape index (κ1) is 11.7. The third-order valence-electron chi connectivity index (χ3n) is 3.17. The Morgan fingerprint density at radius 2 is 2.19 bits per heavy atom. The number of alkyl carbamates (subject to hydrolysis) is 1. The molecule has 4 atom stereocenters. The lowest BCUT2D eigenvalue weighted by molar-refractivity contribution is 0.0368. The van der Waals surface area contributed by atoms with Crippen LogP contribution in [-0.4, -0.2) is 41.5 Å². The van der Waals surface area contributed by atoms with Crippen LogP contribution in [0, 0.1) is 5.92 Å². The molecule has 5 nitrogen and oxygen atoms in total. The Morgan fingerprint density at radius 1 is 1.50 bits per heavy atom. The molecule has 0 aromatic rings. The van der Waals surface area contributed by atoms with Crippen molar-refractivity contribution < 1.29 is 14.6 Å². The topological polar surface area (TPSA) is 70.6 Å². The SMILES string of the molecule is CC(C)(C)OC(=O)NC1C2CC(CN2)C1O. The van der Waals surface area contributed by atoms with Crippen LogP contribution in [-0.2, 0) is 4.74 Å². The molecule has 1 saturated carbocycles. The second kappa shape index (κ2) is 3.89. The van der Waals surface area contributed by atoms with E-state index in [2.05, 4.69) is 10.6 Å². The number of nitrogens with one attached hydrogen (secondary N) is 2. The molecule has 0 aromatic carbocycles. The van der Waals surface area contributed by atoms with Crippen LogP contribution in [0.3, 0.4) is 0 Å². The Balaban J connectivity index is 1.88. The molecule has 1 heterocycles. The molecular weight excluding hydrogens is 208 g/mol. The molecule has 1 amide bonds. The number of hydrogen-bond donors (Lipinski definition) is 3. The van der Waals surface area contributed by atoms with Gasteiger partial charge in [0.25, 0.3) is 0 Å². The molecule has 0 radical (unpaired) electrons. The molecule has 1 saturated heterocycles. The van der Waals surface area contributed by atoms with Gasteiger partial charge < -0.3 is 20.5 Å². The van der Waals surface area contributed by atoms with Crippen molar-refractivity contribution in [3.05, 3.63) is 0 Å². The zero-order chi connectivity index (χ0) is 11.9. The van der Waals surface area contributed by atoms with Gasteiger partial charge in [0.15, 0.2) is 0 Å². The molecule has 2 bridgehead atoms. The van der Waals surface area contributed by atoms with E-state index < -0.39 is 17.8 Å². The van der Waals surface area contributed by atoms with Crippen LogP contribution in [0.15, 0.2) is 0 Å². The molecule has 0 aromatic heterocycles. The quantitative estimate of drug-likeness (QED) is 0.601. The maximum absolute atomic E-state index is 11.6. The van der Waals surface area contributed by atoms with Gasteiger partial charge in [-0.2, -0.15) is 0 Å². The van der Waals surface area contributed by atoms with E-state index in [-0.39, 0.29) is 18.0 Å². The number of aliphatic hydroxyl groups is 1. The van der Waals surface area contributed by atoms with Gasteiger partial charge in [0.1, 0.15) is 5.60 Å². The Hall–Kier alpha value is -0.810. The van der Waals surface area contributed by atoms with Gasteiger partial charge in [-0.05, 0) is 27.2 Å². The van der Waals surface area contributed by atoms with Crippen molar-refractivity contribution in [1.82, 2.24) is 10.6 Å². The van der Waals surface area contributed by atoms with Crippen molar-refractivity contribution in [3.63, 3.8) is 0 Å². The molecule has 92 valence electrons. The molecule has 4 unspecified atom stereocenters. The normalized spacial score (nSPS) is 37.5.